The van der Waals surface area contributed by atoms with Gasteiger partial charge in [0.25, 0.3) is 0 Å². The summed E-state index contributed by atoms with van der Waals surface area (Å²) in [4.78, 5) is 37.9. The summed E-state index contributed by atoms with van der Waals surface area (Å²) in [6, 6.07) is 0. The third-order valence-electron chi connectivity index (χ3n) is 10.4. The molecule has 0 rings (SSSR count). The van der Waals surface area contributed by atoms with Crippen molar-refractivity contribution < 1.29 is 28.6 Å². The number of hydrogen-bond acceptors (Lipinski definition) is 6. The fraction of sp³-hybridized carbons (Fsp3) is 0.583. The summed E-state index contributed by atoms with van der Waals surface area (Å²) in [6.07, 6.45) is 74.4. The lowest BCUT2D eigenvalue weighted by Gasteiger charge is -2.18. The summed E-state index contributed by atoms with van der Waals surface area (Å²) in [6.45, 7) is 6.25. The van der Waals surface area contributed by atoms with Crippen LogP contribution in [0.25, 0.3) is 0 Å². The SMILES string of the molecule is CC/C=C\C/C=C\C/C=C\C/C=C\C/C=C\CCCCCCCC(=O)OCC(COC(=O)CCCCCCC/C=C\CCC)OC(=O)CCC/C=C\C/C=C\C/C=C\C/C=C\C/C=C\CC. The maximum Gasteiger partial charge on any atom is 0.306 e. The van der Waals surface area contributed by atoms with Gasteiger partial charge in [0.15, 0.2) is 6.10 Å². The first-order valence-electron chi connectivity index (χ1n) is 26.2. The second kappa shape index (κ2) is 53.2. The van der Waals surface area contributed by atoms with E-state index in [1.165, 1.54) is 12.8 Å². The molecule has 6 nitrogen and oxygen atoms in total. The van der Waals surface area contributed by atoms with Gasteiger partial charge in [0, 0.05) is 19.3 Å². The lowest BCUT2D eigenvalue weighted by Crippen LogP contribution is -2.30. The Morgan fingerprint density at radius 3 is 0.985 bits per heavy atom. The van der Waals surface area contributed by atoms with Crippen LogP contribution in [0.2, 0.25) is 0 Å². The number of hydrogen-bond donors (Lipinski definition) is 0. The highest BCUT2D eigenvalue weighted by atomic mass is 16.6. The monoisotopic (exact) mass is 911 g/mol. The molecule has 370 valence electrons. The van der Waals surface area contributed by atoms with E-state index in [9.17, 15) is 14.4 Å². The average Bonchev–Trinajstić information content (AvgIpc) is 3.31. The molecule has 0 radical (unpaired) electrons. The van der Waals surface area contributed by atoms with Crippen LogP contribution in [0, 0.1) is 0 Å². The van der Waals surface area contributed by atoms with Crippen LogP contribution in [0.1, 0.15) is 207 Å². The third kappa shape index (κ3) is 50.5. The minimum atomic E-state index is -0.823. The lowest BCUT2D eigenvalue weighted by atomic mass is 10.1. The molecule has 0 fully saturated rings. The maximum absolute atomic E-state index is 12.8. The minimum Gasteiger partial charge on any atom is -0.462 e. The van der Waals surface area contributed by atoms with E-state index < -0.39 is 6.10 Å². The normalized spacial score (nSPS) is 13.2. The molecule has 0 amide bonds. The van der Waals surface area contributed by atoms with E-state index in [1.807, 2.05) is 0 Å². The van der Waals surface area contributed by atoms with Crippen LogP contribution in [0.15, 0.2) is 134 Å². The number of esters is 3. The molecule has 66 heavy (non-hydrogen) atoms. The largest absolute Gasteiger partial charge is 0.462 e. The topological polar surface area (TPSA) is 78.9 Å². The van der Waals surface area contributed by atoms with Crippen LogP contribution < -0.4 is 0 Å². The quantitative estimate of drug-likeness (QED) is 0.0262. The smallest absolute Gasteiger partial charge is 0.306 e. The standard InChI is InChI=1S/C60H94O6/c1-4-7-10-13-16-19-22-24-26-28-29-30-31-33-34-36-38-41-44-47-50-53-59(62)65-56-57(55-64-58(61)52-49-46-43-40-21-18-15-12-9-6-3)66-60(63)54-51-48-45-42-39-37-35-32-27-25-23-20-17-14-11-8-5-2/h7-8,10-12,15-17,19-20,24-27,29-30,33-35,37,42,45,57H,4-6,9,13-14,18,21-23,28,31-32,36,38-41,43-44,46-56H2,1-3H3/b10-7-,11-8-,15-12-,19-16-,20-17-,26-24-,27-25-,30-29-,34-33-,37-35-,45-42-. The van der Waals surface area contributed by atoms with Crippen LogP contribution in [-0.2, 0) is 28.6 Å². The van der Waals surface area contributed by atoms with Gasteiger partial charge in [-0.1, -0.05) is 199 Å². The molecule has 0 N–H and O–H groups in total. The van der Waals surface area contributed by atoms with E-state index in [0.29, 0.717) is 19.3 Å². The molecule has 1 atom stereocenters. The number of allylic oxidation sites excluding steroid dienone is 22. The van der Waals surface area contributed by atoms with Crippen molar-refractivity contribution in [2.45, 2.75) is 213 Å². The number of unbranched alkanes of at least 4 members (excludes halogenated alkanes) is 12. The summed E-state index contributed by atoms with van der Waals surface area (Å²) in [5, 5.41) is 0. The van der Waals surface area contributed by atoms with Crippen molar-refractivity contribution in [2.75, 3.05) is 13.2 Å². The molecule has 6 heteroatoms. The molecule has 0 aromatic heterocycles. The Labute approximate surface area is 405 Å². The summed E-state index contributed by atoms with van der Waals surface area (Å²) >= 11 is 0. The highest BCUT2D eigenvalue weighted by molar-refractivity contribution is 5.71. The van der Waals surface area contributed by atoms with Crippen molar-refractivity contribution in [2.24, 2.45) is 0 Å². The number of rotatable bonds is 45. The van der Waals surface area contributed by atoms with Gasteiger partial charge in [-0.25, -0.2) is 0 Å². The molecule has 0 saturated heterocycles. The highest BCUT2D eigenvalue weighted by Gasteiger charge is 2.19. The predicted molar refractivity (Wildman–Crippen MR) is 283 cm³/mol. The van der Waals surface area contributed by atoms with Gasteiger partial charge in [0.1, 0.15) is 13.2 Å². The Kier molecular flexibility index (Phi) is 49.6. The van der Waals surface area contributed by atoms with Gasteiger partial charge in [-0.05, 0) is 122 Å². The molecule has 0 aliphatic heterocycles. The van der Waals surface area contributed by atoms with Crippen molar-refractivity contribution in [1.29, 1.82) is 0 Å². The average molecular weight is 911 g/mol. The van der Waals surface area contributed by atoms with Crippen molar-refractivity contribution >= 4 is 17.9 Å². The van der Waals surface area contributed by atoms with Gasteiger partial charge in [0.2, 0.25) is 0 Å². The van der Waals surface area contributed by atoms with E-state index >= 15 is 0 Å². The molecule has 0 aromatic carbocycles. The van der Waals surface area contributed by atoms with Crippen molar-refractivity contribution in [3.05, 3.63) is 134 Å². The summed E-state index contributed by atoms with van der Waals surface area (Å²) in [5.41, 5.74) is 0. The van der Waals surface area contributed by atoms with Gasteiger partial charge in [0.05, 0.1) is 0 Å². The second-order valence-corrected chi connectivity index (χ2v) is 16.7. The zero-order valence-corrected chi connectivity index (χ0v) is 42.1. The maximum atomic E-state index is 12.8. The Balaban J connectivity index is 4.49. The first kappa shape index (κ1) is 61.5. The van der Waals surface area contributed by atoms with E-state index in [0.717, 1.165) is 148 Å². The van der Waals surface area contributed by atoms with E-state index in [-0.39, 0.29) is 37.5 Å². The third-order valence-corrected chi connectivity index (χ3v) is 10.4. The van der Waals surface area contributed by atoms with Crippen molar-refractivity contribution in [3.8, 4) is 0 Å². The van der Waals surface area contributed by atoms with E-state index in [4.69, 9.17) is 14.2 Å². The molecule has 0 spiro atoms. The summed E-state index contributed by atoms with van der Waals surface area (Å²) in [7, 11) is 0. The predicted octanol–water partition coefficient (Wildman–Crippen LogP) is 17.5. The Morgan fingerprint density at radius 1 is 0.318 bits per heavy atom. The van der Waals surface area contributed by atoms with Crippen molar-refractivity contribution in [3.63, 3.8) is 0 Å². The van der Waals surface area contributed by atoms with Gasteiger partial charge in [-0.3, -0.25) is 14.4 Å². The first-order chi connectivity index (χ1) is 32.5. The summed E-state index contributed by atoms with van der Waals surface area (Å²) < 4.78 is 16.7. The summed E-state index contributed by atoms with van der Waals surface area (Å²) in [5.74, 6) is -1.02. The lowest BCUT2D eigenvalue weighted by molar-refractivity contribution is -0.167. The van der Waals surface area contributed by atoms with Gasteiger partial charge < -0.3 is 14.2 Å². The number of ether oxygens (including phenoxy) is 3. The molecule has 0 heterocycles. The highest BCUT2D eigenvalue weighted by Crippen LogP contribution is 2.12. The molecule has 0 aliphatic rings. The molecule has 1 unspecified atom stereocenters. The first-order valence-corrected chi connectivity index (χ1v) is 26.2. The molecule has 0 aromatic rings. The van der Waals surface area contributed by atoms with Crippen LogP contribution in [0.3, 0.4) is 0 Å². The zero-order chi connectivity index (χ0) is 47.9. The molecular weight excluding hydrogens is 817 g/mol. The van der Waals surface area contributed by atoms with Gasteiger partial charge >= 0.3 is 17.9 Å². The molecule has 0 bridgehead atoms. The number of carbonyl (C=O) groups excluding carboxylic acids is 3. The Morgan fingerprint density at radius 2 is 0.606 bits per heavy atom. The van der Waals surface area contributed by atoms with E-state index in [2.05, 4.69) is 154 Å². The van der Waals surface area contributed by atoms with Crippen LogP contribution in [0.4, 0.5) is 0 Å². The minimum absolute atomic E-state index is 0.116. The van der Waals surface area contributed by atoms with Crippen LogP contribution in [-0.4, -0.2) is 37.2 Å². The second-order valence-electron chi connectivity index (χ2n) is 16.7. The zero-order valence-electron chi connectivity index (χ0n) is 42.1. The van der Waals surface area contributed by atoms with Crippen LogP contribution >= 0.6 is 0 Å². The Hall–Kier alpha value is -4.45. The molecule has 0 aliphatic carbocycles. The Bertz CT molecular complexity index is 1460. The van der Waals surface area contributed by atoms with Gasteiger partial charge in [-0.2, -0.15) is 0 Å². The van der Waals surface area contributed by atoms with Gasteiger partial charge in [-0.15, -0.1) is 0 Å². The van der Waals surface area contributed by atoms with Crippen molar-refractivity contribution in [1.82, 2.24) is 0 Å². The fourth-order valence-corrected chi connectivity index (χ4v) is 6.50. The van der Waals surface area contributed by atoms with E-state index in [1.54, 1.807) is 0 Å². The van der Waals surface area contributed by atoms with Crippen LogP contribution in [0.5, 0.6) is 0 Å². The fourth-order valence-electron chi connectivity index (χ4n) is 6.50. The molecule has 0 saturated carbocycles. The molecular formula is C60H94O6. The number of carbonyl (C=O) groups is 3.